The van der Waals surface area contributed by atoms with Crippen molar-refractivity contribution in [2.75, 3.05) is 37.8 Å². The van der Waals surface area contributed by atoms with Gasteiger partial charge in [0.25, 0.3) is 0 Å². The third-order valence-electron chi connectivity index (χ3n) is 4.62. The number of carbonyl (C=O) groups excluding carboxylic acids is 1. The van der Waals surface area contributed by atoms with Gasteiger partial charge in [-0.05, 0) is 32.3 Å². The highest BCUT2D eigenvalue weighted by molar-refractivity contribution is 5.92. The molecule has 3 rings (SSSR count). The molecule has 2 aromatic carbocycles. The monoisotopic (exact) mass is 419 g/mol. The van der Waals surface area contributed by atoms with Crippen LogP contribution in [0.1, 0.15) is 6.92 Å². The molecule has 1 aromatic heterocycles. The van der Waals surface area contributed by atoms with E-state index in [1.54, 1.807) is 0 Å². The Morgan fingerprint density at radius 3 is 2.33 bits per heavy atom. The van der Waals surface area contributed by atoms with Crippen LogP contribution in [0.3, 0.4) is 0 Å². The summed E-state index contributed by atoms with van der Waals surface area (Å²) < 4.78 is 48.0. The largest absolute Gasteiger partial charge is 0.453 e. The van der Waals surface area contributed by atoms with Crippen molar-refractivity contribution in [2.45, 2.75) is 6.92 Å². The van der Waals surface area contributed by atoms with Crippen molar-refractivity contribution in [1.29, 1.82) is 0 Å². The summed E-state index contributed by atoms with van der Waals surface area (Å²) >= 11 is 0. The van der Waals surface area contributed by atoms with Gasteiger partial charge in [-0.2, -0.15) is 0 Å². The molecular weight excluding hydrogens is 399 g/mol. The first-order valence-corrected chi connectivity index (χ1v) is 9.04. The van der Waals surface area contributed by atoms with E-state index in [2.05, 4.69) is 0 Å². The molecule has 0 spiro atoms. The zero-order valence-corrected chi connectivity index (χ0v) is 16.6. The zero-order chi connectivity index (χ0) is 22.2. The summed E-state index contributed by atoms with van der Waals surface area (Å²) in [6, 6.07) is 5.40. The third-order valence-corrected chi connectivity index (χ3v) is 4.62. The Kier molecular flexibility index (Phi) is 5.84. The van der Waals surface area contributed by atoms with E-state index in [0.29, 0.717) is 12.6 Å². The van der Waals surface area contributed by atoms with Gasteiger partial charge in [-0.3, -0.25) is 9.59 Å². The second kappa shape index (κ2) is 8.19. The predicted molar refractivity (Wildman–Crippen MR) is 109 cm³/mol. The van der Waals surface area contributed by atoms with Crippen molar-refractivity contribution in [2.24, 2.45) is 0 Å². The van der Waals surface area contributed by atoms with Crippen LogP contribution >= 0.6 is 0 Å². The molecule has 0 atom stereocenters. The SMILES string of the molecule is CC(=O)N(CCN(C)C)c1ccc(-c2cc(=O)c3c(N)c(F)cc(F)c3o2)cc1F. The van der Waals surface area contributed by atoms with Gasteiger partial charge >= 0.3 is 0 Å². The van der Waals surface area contributed by atoms with Crippen molar-refractivity contribution in [3.8, 4) is 11.3 Å². The molecule has 0 unspecified atom stereocenters. The summed E-state index contributed by atoms with van der Waals surface area (Å²) in [7, 11) is 3.66. The Bertz CT molecular complexity index is 1190. The molecule has 0 radical (unpaired) electrons. The molecule has 0 bridgehead atoms. The number of halogens is 3. The quantitative estimate of drug-likeness (QED) is 0.642. The van der Waals surface area contributed by atoms with Gasteiger partial charge in [0.2, 0.25) is 5.91 Å². The third kappa shape index (κ3) is 4.02. The molecule has 9 heteroatoms. The number of benzene rings is 2. The van der Waals surface area contributed by atoms with Crippen LogP contribution in [-0.2, 0) is 4.79 Å². The van der Waals surface area contributed by atoms with E-state index in [1.165, 1.54) is 24.0 Å². The maximum Gasteiger partial charge on any atom is 0.223 e. The Labute approximate surface area is 170 Å². The summed E-state index contributed by atoms with van der Waals surface area (Å²) in [5.41, 5.74) is 3.94. The maximum absolute atomic E-state index is 14.8. The fourth-order valence-electron chi connectivity index (χ4n) is 3.06. The Morgan fingerprint density at radius 2 is 1.73 bits per heavy atom. The summed E-state index contributed by atoms with van der Waals surface area (Å²) in [5.74, 6) is -3.34. The number of likely N-dealkylation sites (N-methyl/N-ethyl adjacent to an activating group) is 1. The number of rotatable bonds is 5. The van der Waals surface area contributed by atoms with Gasteiger partial charge in [0.05, 0.1) is 16.8 Å². The van der Waals surface area contributed by atoms with Gasteiger partial charge in [-0.1, -0.05) is 0 Å². The van der Waals surface area contributed by atoms with Crippen molar-refractivity contribution in [3.05, 3.63) is 58.0 Å². The van der Waals surface area contributed by atoms with Crippen LogP contribution in [0.25, 0.3) is 22.3 Å². The zero-order valence-electron chi connectivity index (χ0n) is 16.6. The number of fused-ring (bicyclic) bond motifs is 1. The fourth-order valence-corrected chi connectivity index (χ4v) is 3.06. The van der Waals surface area contributed by atoms with Crippen LogP contribution in [0.2, 0.25) is 0 Å². The number of anilines is 2. The van der Waals surface area contributed by atoms with E-state index in [1.807, 2.05) is 19.0 Å². The molecule has 30 heavy (non-hydrogen) atoms. The molecular formula is C21H20F3N3O3. The van der Waals surface area contributed by atoms with Gasteiger partial charge in [-0.15, -0.1) is 0 Å². The lowest BCUT2D eigenvalue weighted by Crippen LogP contribution is -2.35. The number of nitrogens with zero attached hydrogens (tertiary/aromatic N) is 2. The van der Waals surface area contributed by atoms with Crippen molar-refractivity contribution >= 4 is 28.3 Å². The van der Waals surface area contributed by atoms with E-state index >= 15 is 0 Å². The van der Waals surface area contributed by atoms with E-state index in [-0.39, 0.29) is 29.5 Å². The molecule has 0 aliphatic heterocycles. The molecule has 0 fully saturated rings. The molecule has 1 heterocycles. The summed E-state index contributed by atoms with van der Waals surface area (Å²) in [4.78, 5) is 27.5. The van der Waals surface area contributed by atoms with Crippen molar-refractivity contribution in [3.63, 3.8) is 0 Å². The molecule has 2 N–H and O–H groups in total. The Hall–Kier alpha value is -3.33. The van der Waals surface area contributed by atoms with Gasteiger partial charge in [0.15, 0.2) is 16.8 Å². The summed E-state index contributed by atoms with van der Waals surface area (Å²) in [5, 5.41) is -0.417. The number of nitrogens with two attached hydrogens (primary N) is 1. The Balaban J connectivity index is 2.07. The van der Waals surface area contributed by atoms with E-state index in [0.717, 1.165) is 12.1 Å². The van der Waals surface area contributed by atoms with Crippen LogP contribution < -0.4 is 16.1 Å². The maximum atomic E-state index is 14.8. The molecule has 0 aliphatic rings. The topological polar surface area (TPSA) is 79.8 Å². The second-order valence-corrected chi connectivity index (χ2v) is 7.07. The normalized spacial score (nSPS) is 11.3. The average Bonchev–Trinajstić information content (AvgIpc) is 2.66. The van der Waals surface area contributed by atoms with E-state index < -0.39 is 39.5 Å². The minimum absolute atomic E-state index is 0.0636. The van der Waals surface area contributed by atoms with Crippen LogP contribution in [0, 0.1) is 17.5 Å². The lowest BCUT2D eigenvalue weighted by molar-refractivity contribution is -0.116. The molecule has 0 saturated heterocycles. The molecule has 0 aliphatic carbocycles. The van der Waals surface area contributed by atoms with Crippen molar-refractivity contribution < 1.29 is 22.4 Å². The highest BCUT2D eigenvalue weighted by atomic mass is 19.1. The highest BCUT2D eigenvalue weighted by Gasteiger charge is 2.20. The smallest absolute Gasteiger partial charge is 0.223 e. The van der Waals surface area contributed by atoms with Gasteiger partial charge in [0.1, 0.15) is 17.4 Å². The molecule has 1 amide bonds. The number of nitrogen functional groups attached to an aromatic ring is 1. The Morgan fingerprint density at radius 1 is 1.03 bits per heavy atom. The fraction of sp³-hybridized carbons (Fsp3) is 0.238. The van der Waals surface area contributed by atoms with Crippen LogP contribution in [0.15, 0.2) is 39.5 Å². The average molecular weight is 419 g/mol. The van der Waals surface area contributed by atoms with E-state index in [9.17, 15) is 22.8 Å². The first-order chi connectivity index (χ1) is 14.1. The number of hydrogen-bond acceptors (Lipinski definition) is 5. The predicted octanol–water partition coefficient (Wildman–Crippen LogP) is 3.37. The summed E-state index contributed by atoms with van der Waals surface area (Å²) in [6.07, 6.45) is 0. The molecule has 6 nitrogen and oxygen atoms in total. The first-order valence-electron chi connectivity index (χ1n) is 9.04. The second-order valence-electron chi connectivity index (χ2n) is 7.07. The van der Waals surface area contributed by atoms with Crippen LogP contribution in [0.5, 0.6) is 0 Å². The van der Waals surface area contributed by atoms with Crippen LogP contribution in [-0.4, -0.2) is 38.0 Å². The minimum atomic E-state index is -1.10. The van der Waals surface area contributed by atoms with Gasteiger partial charge < -0.3 is 20.0 Å². The summed E-state index contributed by atoms with van der Waals surface area (Å²) in [6.45, 7) is 2.13. The van der Waals surface area contributed by atoms with E-state index in [4.69, 9.17) is 10.2 Å². The lowest BCUT2D eigenvalue weighted by Gasteiger charge is -2.23. The van der Waals surface area contributed by atoms with Crippen LogP contribution in [0.4, 0.5) is 24.5 Å². The molecule has 3 aromatic rings. The number of carbonyl (C=O) groups is 1. The molecule has 158 valence electrons. The van der Waals surface area contributed by atoms with Gasteiger partial charge in [-0.25, -0.2) is 13.2 Å². The standard InChI is InChI=1S/C21H20F3N3O3/c1-11(28)27(7-6-26(2)3)16-5-4-12(8-13(16)22)18-10-17(29)19-20(25)14(23)9-15(24)21(19)30-18/h4-5,8-10H,6-7,25H2,1-3H3. The number of amides is 1. The lowest BCUT2D eigenvalue weighted by atomic mass is 10.1. The highest BCUT2D eigenvalue weighted by Crippen LogP contribution is 2.31. The number of hydrogen-bond donors (Lipinski definition) is 1. The minimum Gasteiger partial charge on any atom is -0.453 e. The van der Waals surface area contributed by atoms with Crippen molar-refractivity contribution in [1.82, 2.24) is 4.90 Å². The van der Waals surface area contributed by atoms with Gasteiger partial charge in [0, 0.05) is 37.7 Å². The first kappa shape index (κ1) is 21.4. The molecule has 0 saturated carbocycles.